The lowest BCUT2D eigenvalue weighted by Gasteiger charge is -2.27. The van der Waals surface area contributed by atoms with Crippen LogP contribution in [0.3, 0.4) is 0 Å². The smallest absolute Gasteiger partial charge is 0.234 e. The van der Waals surface area contributed by atoms with E-state index >= 15 is 0 Å². The molecule has 0 N–H and O–H groups in total. The maximum atomic E-state index is 12.8. The van der Waals surface area contributed by atoms with Gasteiger partial charge in [0, 0.05) is 6.54 Å². The normalized spacial score (nSPS) is 29.1. The van der Waals surface area contributed by atoms with E-state index in [4.69, 9.17) is 4.98 Å². The number of rotatable bonds is 3. The SMILES string of the molecule is O=C1[C@H]2CC=CC[C@H]2C(=O)N1CN1CCC[C@H]1c1nc2ccccc2s1. The first-order chi connectivity index (χ1) is 12.7. The van der Waals surface area contributed by atoms with Crippen LogP contribution in [0.1, 0.15) is 36.7 Å². The molecule has 0 saturated carbocycles. The van der Waals surface area contributed by atoms with Crippen molar-refractivity contribution in [3.05, 3.63) is 41.4 Å². The molecule has 2 aromatic rings. The molecule has 3 atom stereocenters. The Hall–Kier alpha value is -2.05. The molecule has 2 saturated heterocycles. The zero-order valence-electron chi connectivity index (χ0n) is 14.5. The molecule has 0 spiro atoms. The summed E-state index contributed by atoms with van der Waals surface area (Å²) in [5.41, 5.74) is 1.03. The molecule has 0 radical (unpaired) electrons. The molecule has 1 aromatic carbocycles. The number of hydrogen-bond donors (Lipinski definition) is 0. The first-order valence-corrected chi connectivity index (χ1v) is 10.1. The van der Waals surface area contributed by atoms with Crippen LogP contribution in [0.4, 0.5) is 0 Å². The molecule has 1 aliphatic carbocycles. The van der Waals surface area contributed by atoms with E-state index in [1.165, 1.54) is 9.60 Å². The van der Waals surface area contributed by atoms with E-state index in [0.29, 0.717) is 19.5 Å². The quantitative estimate of drug-likeness (QED) is 0.617. The van der Waals surface area contributed by atoms with Crippen LogP contribution < -0.4 is 0 Å². The molecule has 0 bridgehead atoms. The molecule has 2 aliphatic heterocycles. The third-order valence-corrected chi connectivity index (χ3v) is 7.02. The monoisotopic (exact) mass is 367 g/mol. The van der Waals surface area contributed by atoms with Gasteiger partial charge in [-0.3, -0.25) is 19.4 Å². The lowest BCUT2D eigenvalue weighted by atomic mass is 9.85. The van der Waals surface area contributed by atoms with Crippen LogP contribution in [0, 0.1) is 11.8 Å². The summed E-state index contributed by atoms with van der Waals surface area (Å²) in [5.74, 6) is -0.259. The Bertz CT molecular complexity index is 846. The Morgan fingerprint density at radius 2 is 1.81 bits per heavy atom. The number of aromatic nitrogens is 1. The topological polar surface area (TPSA) is 53.5 Å². The zero-order chi connectivity index (χ0) is 17.7. The fourth-order valence-corrected chi connectivity index (χ4v) is 5.63. The van der Waals surface area contributed by atoms with Crippen molar-refractivity contribution in [2.75, 3.05) is 13.2 Å². The second-order valence-corrected chi connectivity index (χ2v) is 8.45. The van der Waals surface area contributed by atoms with Gasteiger partial charge >= 0.3 is 0 Å². The number of imide groups is 1. The molecule has 2 fully saturated rings. The second kappa shape index (κ2) is 6.28. The van der Waals surface area contributed by atoms with Crippen LogP contribution in [0.15, 0.2) is 36.4 Å². The van der Waals surface area contributed by atoms with Crippen LogP contribution >= 0.6 is 11.3 Å². The van der Waals surface area contributed by atoms with Gasteiger partial charge in [-0.2, -0.15) is 0 Å². The molecule has 5 nitrogen and oxygen atoms in total. The van der Waals surface area contributed by atoms with Gasteiger partial charge in [-0.15, -0.1) is 11.3 Å². The summed E-state index contributed by atoms with van der Waals surface area (Å²) in [6.07, 6.45) is 7.58. The standard InChI is InChI=1S/C20H21N3O2S/c24-19-13-6-1-2-7-14(13)20(25)23(19)12-22-11-5-9-16(22)18-21-15-8-3-4-10-17(15)26-18/h1-4,8,10,13-14,16H,5-7,9,11-12H2/t13-,14+,16-/m0/s1. The van der Waals surface area contributed by atoms with E-state index in [2.05, 4.69) is 11.0 Å². The van der Waals surface area contributed by atoms with Crippen LogP contribution in [0.25, 0.3) is 10.2 Å². The number of allylic oxidation sites excluding steroid dienone is 2. The predicted octanol–water partition coefficient (Wildman–Crippen LogP) is 3.34. The number of carbonyl (C=O) groups excluding carboxylic acids is 2. The number of benzene rings is 1. The first-order valence-electron chi connectivity index (χ1n) is 9.32. The average Bonchev–Trinajstić information content (AvgIpc) is 3.35. The van der Waals surface area contributed by atoms with Crippen LogP contribution in [0.5, 0.6) is 0 Å². The van der Waals surface area contributed by atoms with Crippen LogP contribution in [-0.4, -0.2) is 39.8 Å². The third kappa shape index (κ3) is 2.51. The highest BCUT2D eigenvalue weighted by Crippen LogP contribution is 2.39. The molecule has 5 rings (SSSR count). The number of amides is 2. The van der Waals surface area contributed by atoms with Gasteiger partial charge in [-0.25, -0.2) is 4.98 Å². The van der Waals surface area contributed by atoms with Crippen molar-refractivity contribution in [3.63, 3.8) is 0 Å². The molecular formula is C20H21N3O2S. The Balaban J connectivity index is 1.38. The highest BCUT2D eigenvalue weighted by Gasteiger charge is 2.48. The Kier molecular flexibility index (Phi) is 3.90. The molecule has 1 aromatic heterocycles. The molecular weight excluding hydrogens is 346 g/mol. The fraction of sp³-hybridized carbons (Fsp3) is 0.450. The predicted molar refractivity (Wildman–Crippen MR) is 100 cm³/mol. The molecule has 3 heterocycles. The lowest BCUT2D eigenvalue weighted by Crippen LogP contribution is -2.41. The van der Waals surface area contributed by atoms with Gasteiger partial charge in [-0.1, -0.05) is 24.3 Å². The van der Waals surface area contributed by atoms with Gasteiger partial charge < -0.3 is 0 Å². The molecule has 26 heavy (non-hydrogen) atoms. The minimum absolute atomic E-state index is 0.0132. The number of nitrogens with zero attached hydrogens (tertiary/aromatic N) is 3. The van der Waals surface area contributed by atoms with E-state index in [9.17, 15) is 9.59 Å². The van der Waals surface area contributed by atoms with Gasteiger partial charge in [-0.05, 0) is 37.8 Å². The second-order valence-electron chi connectivity index (χ2n) is 7.39. The molecule has 6 heteroatoms. The Labute approximate surface area is 156 Å². The largest absolute Gasteiger partial charge is 0.276 e. The Morgan fingerprint density at radius 1 is 1.08 bits per heavy atom. The zero-order valence-corrected chi connectivity index (χ0v) is 15.3. The van der Waals surface area contributed by atoms with Crippen LogP contribution in [0.2, 0.25) is 0 Å². The summed E-state index contributed by atoms with van der Waals surface area (Å²) >= 11 is 1.73. The highest BCUT2D eigenvalue weighted by atomic mass is 32.1. The van der Waals surface area contributed by atoms with E-state index < -0.39 is 0 Å². The van der Waals surface area contributed by atoms with Crippen molar-refractivity contribution in [3.8, 4) is 0 Å². The third-order valence-electron chi connectivity index (χ3n) is 5.88. The number of fused-ring (bicyclic) bond motifs is 2. The number of thiazole rings is 1. The first kappa shape index (κ1) is 16.1. The van der Waals surface area contributed by atoms with E-state index in [1.807, 2.05) is 30.4 Å². The number of likely N-dealkylation sites (tertiary alicyclic amines) is 2. The summed E-state index contributed by atoms with van der Waals surface area (Å²) in [6.45, 7) is 1.32. The number of hydrogen-bond acceptors (Lipinski definition) is 5. The minimum atomic E-state index is -0.143. The van der Waals surface area contributed by atoms with Gasteiger partial charge in [0.05, 0.1) is 34.8 Å². The van der Waals surface area contributed by atoms with Crippen molar-refractivity contribution < 1.29 is 9.59 Å². The maximum Gasteiger partial charge on any atom is 0.234 e. The molecule has 134 valence electrons. The van der Waals surface area contributed by atoms with Crippen molar-refractivity contribution >= 4 is 33.4 Å². The summed E-state index contributed by atoms with van der Waals surface area (Å²) in [4.78, 5) is 34.1. The maximum absolute atomic E-state index is 12.8. The molecule has 0 unspecified atom stereocenters. The van der Waals surface area contributed by atoms with E-state index in [0.717, 1.165) is 29.9 Å². The van der Waals surface area contributed by atoms with Gasteiger partial charge in [0.25, 0.3) is 0 Å². The Morgan fingerprint density at radius 3 is 2.54 bits per heavy atom. The van der Waals surface area contributed by atoms with Crippen molar-refractivity contribution in [1.82, 2.24) is 14.8 Å². The van der Waals surface area contributed by atoms with E-state index in [1.54, 1.807) is 11.3 Å². The van der Waals surface area contributed by atoms with Crippen molar-refractivity contribution in [2.45, 2.75) is 31.7 Å². The number of para-hydroxylation sites is 1. The van der Waals surface area contributed by atoms with Gasteiger partial charge in [0.15, 0.2) is 0 Å². The van der Waals surface area contributed by atoms with Gasteiger partial charge in [0.2, 0.25) is 11.8 Å². The number of carbonyl (C=O) groups is 2. The average molecular weight is 367 g/mol. The van der Waals surface area contributed by atoms with Crippen LogP contribution in [-0.2, 0) is 9.59 Å². The summed E-state index contributed by atoms with van der Waals surface area (Å²) < 4.78 is 1.19. The van der Waals surface area contributed by atoms with Crippen molar-refractivity contribution in [1.29, 1.82) is 0 Å². The fourth-order valence-electron chi connectivity index (χ4n) is 4.50. The van der Waals surface area contributed by atoms with Gasteiger partial charge in [0.1, 0.15) is 5.01 Å². The summed E-state index contributed by atoms with van der Waals surface area (Å²) in [6, 6.07) is 8.39. The summed E-state index contributed by atoms with van der Waals surface area (Å²) in [7, 11) is 0. The lowest BCUT2D eigenvalue weighted by molar-refractivity contribution is -0.142. The summed E-state index contributed by atoms with van der Waals surface area (Å²) in [5, 5.41) is 1.10. The minimum Gasteiger partial charge on any atom is -0.276 e. The highest BCUT2D eigenvalue weighted by molar-refractivity contribution is 7.18. The molecule has 2 amide bonds. The molecule has 3 aliphatic rings. The van der Waals surface area contributed by atoms with E-state index in [-0.39, 0.29) is 29.7 Å². The van der Waals surface area contributed by atoms with Crippen molar-refractivity contribution in [2.24, 2.45) is 11.8 Å².